The lowest BCUT2D eigenvalue weighted by Crippen LogP contribution is -2.15. The van der Waals surface area contributed by atoms with E-state index in [0.717, 1.165) is 11.0 Å². The molecule has 1 atom stereocenters. The minimum atomic E-state index is -0.127. The Balaban J connectivity index is 2.70. The molecule has 1 heterocycles. The van der Waals surface area contributed by atoms with E-state index in [1.807, 2.05) is 31.2 Å². The third-order valence-corrected chi connectivity index (χ3v) is 1.76. The molecule has 2 rings (SSSR count). The van der Waals surface area contributed by atoms with Crippen LogP contribution in [0.1, 0.15) is 13.1 Å². The number of nitrogens with zero attached hydrogens (tertiary/aromatic N) is 3. The summed E-state index contributed by atoms with van der Waals surface area (Å²) in [7, 11) is 0. The van der Waals surface area contributed by atoms with Gasteiger partial charge in [-0.15, -0.1) is 5.10 Å². The van der Waals surface area contributed by atoms with Gasteiger partial charge in [0.05, 0.1) is 11.7 Å². The van der Waals surface area contributed by atoms with Crippen LogP contribution in [-0.4, -0.2) is 15.0 Å². The van der Waals surface area contributed by atoms with Gasteiger partial charge in [-0.2, -0.15) is 0 Å². The summed E-state index contributed by atoms with van der Waals surface area (Å²) >= 11 is 0. The van der Waals surface area contributed by atoms with Gasteiger partial charge in [-0.25, -0.2) is 4.68 Å². The van der Waals surface area contributed by atoms with Crippen LogP contribution in [0.3, 0.4) is 0 Å². The largest absolute Gasteiger partial charge is 0.310 e. The first-order valence-corrected chi connectivity index (χ1v) is 3.84. The highest BCUT2D eigenvalue weighted by Gasteiger charge is 2.04. The van der Waals surface area contributed by atoms with Gasteiger partial charge in [0.25, 0.3) is 0 Å². The van der Waals surface area contributed by atoms with E-state index in [4.69, 9.17) is 5.73 Å². The molecule has 0 radical (unpaired) electrons. The Bertz CT molecular complexity index is 391. The Morgan fingerprint density at radius 3 is 2.92 bits per heavy atom. The molecular weight excluding hydrogens is 152 g/mol. The molecule has 0 aliphatic carbocycles. The Labute approximate surface area is 70.0 Å². The summed E-state index contributed by atoms with van der Waals surface area (Å²) in [6.45, 7) is 1.88. The predicted molar refractivity (Wildman–Crippen MR) is 46.4 cm³/mol. The Kier molecular flexibility index (Phi) is 1.55. The average molecular weight is 162 g/mol. The average Bonchev–Trinajstić information content (AvgIpc) is 2.47. The Morgan fingerprint density at radius 2 is 2.17 bits per heavy atom. The quantitative estimate of drug-likeness (QED) is 0.678. The second-order valence-corrected chi connectivity index (χ2v) is 2.76. The van der Waals surface area contributed by atoms with Gasteiger partial charge in [0, 0.05) is 0 Å². The van der Waals surface area contributed by atoms with E-state index in [1.54, 1.807) is 4.68 Å². The van der Waals surface area contributed by atoms with Crippen molar-refractivity contribution in [2.75, 3.05) is 0 Å². The molecule has 62 valence electrons. The number of hydrogen-bond donors (Lipinski definition) is 1. The van der Waals surface area contributed by atoms with E-state index >= 15 is 0 Å². The van der Waals surface area contributed by atoms with Crippen LogP contribution < -0.4 is 5.73 Å². The lowest BCUT2D eigenvalue weighted by atomic mass is 10.3. The normalized spacial score (nSPS) is 13.5. The van der Waals surface area contributed by atoms with E-state index in [9.17, 15) is 0 Å². The van der Waals surface area contributed by atoms with E-state index in [1.165, 1.54) is 0 Å². The van der Waals surface area contributed by atoms with Gasteiger partial charge in [0.2, 0.25) is 0 Å². The third-order valence-electron chi connectivity index (χ3n) is 1.76. The number of hydrogen-bond acceptors (Lipinski definition) is 3. The number of benzene rings is 1. The minimum Gasteiger partial charge on any atom is -0.310 e. The highest BCUT2D eigenvalue weighted by Crippen LogP contribution is 2.11. The van der Waals surface area contributed by atoms with Crippen LogP contribution in [0.25, 0.3) is 11.0 Å². The molecule has 0 saturated heterocycles. The first-order chi connectivity index (χ1) is 5.79. The fraction of sp³-hybridized carbons (Fsp3) is 0.250. The standard InChI is InChI=1S/C8H10N4/c1-6(9)12-8-5-3-2-4-7(8)10-11-12/h2-6H,9H2,1H3. The topological polar surface area (TPSA) is 56.7 Å². The fourth-order valence-electron chi connectivity index (χ4n) is 1.19. The van der Waals surface area contributed by atoms with E-state index in [2.05, 4.69) is 10.3 Å². The van der Waals surface area contributed by atoms with Crippen LogP contribution in [0.2, 0.25) is 0 Å². The maximum Gasteiger partial charge on any atom is 0.113 e. The van der Waals surface area contributed by atoms with Crippen molar-refractivity contribution in [1.82, 2.24) is 15.0 Å². The second kappa shape index (κ2) is 2.57. The molecule has 0 amide bonds. The number of aromatic nitrogens is 3. The summed E-state index contributed by atoms with van der Waals surface area (Å²) in [4.78, 5) is 0. The highest BCUT2D eigenvalue weighted by atomic mass is 15.5. The van der Waals surface area contributed by atoms with Crippen LogP contribution in [0, 0.1) is 0 Å². The molecule has 4 heteroatoms. The first kappa shape index (κ1) is 7.24. The zero-order valence-electron chi connectivity index (χ0n) is 6.81. The van der Waals surface area contributed by atoms with Crippen LogP contribution in [0.4, 0.5) is 0 Å². The van der Waals surface area contributed by atoms with Crippen LogP contribution in [0.15, 0.2) is 24.3 Å². The molecule has 12 heavy (non-hydrogen) atoms. The summed E-state index contributed by atoms with van der Waals surface area (Å²) in [6, 6.07) is 7.76. The van der Waals surface area contributed by atoms with E-state index < -0.39 is 0 Å². The van der Waals surface area contributed by atoms with Gasteiger partial charge < -0.3 is 5.73 Å². The van der Waals surface area contributed by atoms with Crippen LogP contribution >= 0.6 is 0 Å². The Morgan fingerprint density at radius 1 is 1.42 bits per heavy atom. The zero-order chi connectivity index (χ0) is 8.55. The van der Waals surface area contributed by atoms with Crippen molar-refractivity contribution in [3.8, 4) is 0 Å². The van der Waals surface area contributed by atoms with Gasteiger partial charge in [-0.05, 0) is 19.1 Å². The van der Waals surface area contributed by atoms with Crippen molar-refractivity contribution in [2.45, 2.75) is 13.1 Å². The van der Waals surface area contributed by atoms with E-state index in [0.29, 0.717) is 0 Å². The number of fused-ring (bicyclic) bond motifs is 1. The molecule has 0 bridgehead atoms. The van der Waals surface area contributed by atoms with E-state index in [-0.39, 0.29) is 6.17 Å². The first-order valence-electron chi connectivity index (χ1n) is 3.84. The van der Waals surface area contributed by atoms with Crippen molar-refractivity contribution >= 4 is 11.0 Å². The Hall–Kier alpha value is -1.42. The molecule has 0 fully saturated rings. The van der Waals surface area contributed by atoms with Crippen molar-refractivity contribution in [1.29, 1.82) is 0 Å². The molecular formula is C8H10N4. The SMILES string of the molecule is CC(N)n1nnc2ccccc21. The van der Waals surface area contributed by atoms with Gasteiger partial charge >= 0.3 is 0 Å². The molecule has 1 unspecified atom stereocenters. The fourth-order valence-corrected chi connectivity index (χ4v) is 1.19. The van der Waals surface area contributed by atoms with Crippen LogP contribution in [0.5, 0.6) is 0 Å². The van der Waals surface area contributed by atoms with Gasteiger partial charge in [-0.3, -0.25) is 0 Å². The van der Waals surface area contributed by atoms with Crippen molar-refractivity contribution in [2.24, 2.45) is 5.73 Å². The minimum absolute atomic E-state index is 0.127. The number of nitrogens with two attached hydrogens (primary N) is 1. The molecule has 2 N–H and O–H groups in total. The number of rotatable bonds is 1. The second-order valence-electron chi connectivity index (χ2n) is 2.76. The monoisotopic (exact) mass is 162 g/mol. The molecule has 0 aliphatic rings. The summed E-state index contributed by atoms with van der Waals surface area (Å²) < 4.78 is 1.70. The molecule has 2 aromatic rings. The zero-order valence-corrected chi connectivity index (χ0v) is 6.81. The molecule has 0 saturated carbocycles. The van der Waals surface area contributed by atoms with Gasteiger partial charge in [0.15, 0.2) is 0 Å². The van der Waals surface area contributed by atoms with Crippen molar-refractivity contribution < 1.29 is 0 Å². The molecule has 1 aromatic heterocycles. The lowest BCUT2D eigenvalue weighted by Gasteiger charge is -2.04. The third kappa shape index (κ3) is 0.967. The van der Waals surface area contributed by atoms with Crippen molar-refractivity contribution in [3.63, 3.8) is 0 Å². The molecule has 0 aliphatic heterocycles. The maximum atomic E-state index is 5.68. The molecule has 0 spiro atoms. The number of para-hydroxylation sites is 1. The van der Waals surface area contributed by atoms with Gasteiger partial charge in [-0.1, -0.05) is 17.3 Å². The smallest absolute Gasteiger partial charge is 0.113 e. The summed E-state index contributed by atoms with van der Waals surface area (Å²) in [5.74, 6) is 0. The summed E-state index contributed by atoms with van der Waals surface area (Å²) in [5, 5.41) is 7.91. The summed E-state index contributed by atoms with van der Waals surface area (Å²) in [5.41, 5.74) is 7.55. The van der Waals surface area contributed by atoms with Gasteiger partial charge in [0.1, 0.15) is 5.52 Å². The highest BCUT2D eigenvalue weighted by molar-refractivity contribution is 5.73. The summed E-state index contributed by atoms with van der Waals surface area (Å²) in [6.07, 6.45) is -0.127. The molecule has 4 nitrogen and oxygen atoms in total. The van der Waals surface area contributed by atoms with Crippen LogP contribution in [-0.2, 0) is 0 Å². The molecule has 1 aromatic carbocycles. The maximum absolute atomic E-state index is 5.68. The van der Waals surface area contributed by atoms with Crippen molar-refractivity contribution in [3.05, 3.63) is 24.3 Å². The predicted octanol–water partition coefficient (Wildman–Crippen LogP) is 0.908. The lowest BCUT2D eigenvalue weighted by molar-refractivity contribution is 0.508.